The van der Waals surface area contributed by atoms with Crippen LogP contribution >= 0.6 is 0 Å². The van der Waals surface area contributed by atoms with Crippen molar-refractivity contribution >= 4 is 22.4 Å². The number of amides is 1. The van der Waals surface area contributed by atoms with Crippen LogP contribution in [0.1, 0.15) is 36.1 Å². The highest BCUT2D eigenvalue weighted by molar-refractivity contribution is 6.11. The van der Waals surface area contributed by atoms with Crippen LogP contribution in [0.4, 0.5) is 5.69 Å². The molecule has 0 aliphatic carbocycles. The van der Waals surface area contributed by atoms with Gasteiger partial charge in [-0.15, -0.1) is 0 Å². The first-order valence-corrected chi connectivity index (χ1v) is 8.97. The van der Waals surface area contributed by atoms with Gasteiger partial charge in [-0.3, -0.25) is 9.59 Å². The number of aromatic amines is 1. The number of imidazole rings is 1. The lowest BCUT2D eigenvalue weighted by molar-refractivity contribution is 0.102. The number of carbonyl (C=O) groups is 1. The van der Waals surface area contributed by atoms with Gasteiger partial charge in [0.15, 0.2) is 5.69 Å². The van der Waals surface area contributed by atoms with Crippen molar-refractivity contribution in [3.05, 3.63) is 82.8 Å². The average molecular weight is 373 g/mol. The Morgan fingerprint density at radius 3 is 2.50 bits per heavy atom. The lowest BCUT2D eigenvalue weighted by atomic mass is 10.1. The summed E-state index contributed by atoms with van der Waals surface area (Å²) in [5.41, 5.74) is 1.46. The summed E-state index contributed by atoms with van der Waals surface area (Å²) in [6.07, 6.45) is 3.69. The Bertz CT molecular complexity index is 1210. The molecule has 2 N–H and O–H groups in total. The van der Waals surface area contributed by atoms with Crippen LogP contribution in [-0.4, -0.2) is 25.7 Å². The molecule has 0 spiro atoms. The highest BCUT2D eigenvalue weighted by Crippen LogP contribution is 2.20. The topological polar surface area (TPSA) is 92.7 Å². The van der Waals surface area contributed by atoms with Crippen LogP contribution in [0.15, 0.2) is 65.7 Å². The third kappa shape index (κ3) is 3.18. The normalized spacial score (nSPS) is 11.1. The number of benzene rings is 2. The molecule has 28 heavy (non-hydrogen) atoms. The second-order valence-electron chi connectivity index (χ2n) is 6.76. The molecule has 7 nitrogen and oxygen atoms in total. The molecular formula is C21H19N5O2. The number of carbonyl (C=O) groups excluding carboxylic acids is 1. The van der Waals surface area contributed by atoms with Crippen LogP contribution in [0.3, 0.4) is 0 Å². The predicted octanol–water partition coefficient (Wildman–Crippen LogP) is 3.48. The van der Waals surface area contributed by atoms with Crippen molar-refractivity contribution in [2.75, 3.05) is 5.32 Å². The van der Waals surface area contributed by atoms with Crippen LogP contribution < -0.4 is 10.9 Å². The molecule has 0 fully saturated rings. The zero-order chi connectivity index (χ0) is 19.7. The number of nitrogens with zero attached hydrogens (tertiary/aromatic N) is 3. The number of hydrogen-bond donors (Lipinski definition) is 2. The van der Waals surface area contributed by atoms with Crippen molar-refractivity contribution in [3.63, 3.8) is 0 Å². The maximum atomic E-state index is 12.7. The van der Waals surface area contributed by atoms with Gasteiger partial charge in [0.25, 0.3) is 11.5 Å². The molecule has 2 aromatic carbocycles. The second kappa shape index (κ2) is 7.11. The van der Waals surface area contributed by atoms with E-state index in [0.29, 0.717) is 22.4 Å². The highest BCUT2D eigenvalue weighted by atomic mass is 16.2. The Hall–Kier alpha value is -3.74. The third-order valence-corrected chi connectivity index (χ3v) is 4.50. The lowest BCUT2D eigenvalue weighted by Crippen LogP contribution is -2.19. The zero-order valence-electron chi connectivity index (χ0n) is 15.5. The molecule has 0 bridgehead atoms. The van der Waals surface area contributed by atoms with E-state index in [1.54, 1.807) is 30.5 Å². The van der Waals surface area contributed by atoms with E-state index < -0.39 is 0 Å². The summed E-state index contributed by atoms with van der Waals surface area (Å²) in [5.74, 6) is 0.889. The smallest absolute Gasteiger partial charge is 0.276 e. The minimum absolute atomic E-state index is 0.177. The van der Waals surface area contributed by atoms with Gasteiger partial charge < -0.3 is 9.88 Å². The van der Waals surface area contributed by atoms with Crippen molar-refractivity contribution < 1.29 is 4.79 Å². The van der Waals surface area contributed by atoms with Crippen LogP contribution in [0.2, 0.25) is 0 Å². The first kappa shape index (κ1) is 17.7. The molecule has 0 radical (unpaired) electrons. The molecule has 2 aromatic heterocycles. The molecule has 0 unspecified atom stereocenters. The molecule has 0 saturated heterocycles. The van der Waals surface area contributed by atoms with Crippen molar-refractivity contribution in [2.24, 2.45) is 0 Å². The maximum Gasteiger partial charge on any atom is 0.276 e. The Balaban J connectivity index is 1.60. The van der Waals surface area contributed by atoms with Crippen LogP contribution in [0, 0.1) is 0 Å². The van der Waals surface area contributed by atoms with E-state index >= 15 is 0 Å². The molecular weight excluding hydrogens is 354 g/mol. The number of anilines is 1. The largest absolute Gasteiger partial charge is 0.321 e. The number of hydrogen-bond acceptors (Lipinski definition) is 4. The van der Waals surface area contributed by atoms with Crippen molar-refractivity contribution in [2.45, 2.75) is 19.8 Å². The van der Waals surface area contributed by atoms with Gasteiger partial charge in [-0.1, -0.05) is 32.0 Å². The van der Waals surface area contributed by atoms with Gasteiger partial charge in [0.1, 0.15) is 5.82 Å². The van der Waals surface area contributed by atoms with E-state index in [1.165, 1.54) is 0 Å². The molecule has 2 heterocycles. The zero-order valence-corrected chi connectivity index (χ0v) is 15.5. The minimum atomic E-state index is -0.384. The fraction of sp³-hybridized carbons (Fsp3) is 0.143. The maximum absolute atomic E-state index is 12.7. The van der Waals surface area contributed by atoms with Crippen LogP contribution in [-0.2, 0) is 0 Å². The molecule has 0 aliphatic heterocycles. The monoisotopic (exact) mass is 373 g/mol. The quantitative estimate of drug-likeness (QED) is 0.573. The predicted molar refractivity (Wildman–Crippen MR) is 108 cm³/mol. The van der Waals surface area contributed by atoms with Gasteiger partial charge >= 0.3 is 0 Å². The number of nitrogens with one attached hydrogen (secondary N) is 2. The van der Waals surface area contributed by atoms with Crippen LogP contribution in [0.25, 0.3) is 16.5 Å². The Kier molecular flexibility index (Phi) is 4.49. The summed E-state index contributed by atoms with van der Waals surface area (Å²) in [7, 11) is 0. The van der Waals surface area contributed by atoms with E-state index in [4.69, 9.17) is 0 Å². The van der Waals surface area contributed by atoms with Crippen molar-refractivity contribution in [1.29, 1.82) is 0 Å². The van der Waals surface area contributed by atoms with Gasteiger partial charge in [-0.25, -0.2) is 10.1 Å². The Morgan fingerprint density at radius 1 is 1.07 bits per heavy atom. The third-order valence-electron chi connectivity index (χ3n) is 4.50. The molecule has 4 aromatic rings. The van der Waals surface area contributed by atoms with E-state index in [1.807, 2.05) is 35.0 Å². The fourth-order valence-electron chi connectivity index (χ4n) is 3.14. The summed E-state index contributed by atoms with van der Waals surface area (Å²) in [6.45, 7) is 4.18. The Morgan fingerprint density at radius 2 is 1.79 bits per heavy atom. The van der Waals surface area contributed by atoms with E-state index in [0.717, 1.165) is 11.5 Å². The summed E-state index contributed by atoms with van der Waals surface area (Å²) in [5, 5.41) is 10.1. The van der Waals surface area contributed by atoms with Crippen molar-refractivity contribution in [3.8, 4) is 5.69 Å². The lowest BCUT2D eigenvalue weighted by Gasteiger charge is -2.11. The van der Waals surface area contributed by atoms with E-state index in [-0.39, 0.29) is 17.2 Å². The number of aromatic nitrogens is 4. The molecule has 140 valence electrons. The van der Waals surface area contributed by atoms with Gasteiger partial charge in [-0.2, -0.15) is 5.10 Å². The average Bonchev–Trinajstić information content (AvgIpc) is 3.19. The minimum Gasteiger partial charge on any atom is -0.321 e. The molecule has 1 amide bonds. The number of fused-ring (bicyclic) bond motifs is 1. The first-order chi connectivity index (χ1) is 13.5. The first-order valence-electron chi connectivity index (χ1n) is 8.97. The Labute approximate surface area is 161 Å². The summed E-state index contributed by atoms with van der Waals surface area (Å²) >= 11 is 0. The second-order valence-corrected chi connectivity index (χ2v) is 6.76. The van der Waals surface area contributed by atoms with E-state index in [2.05, 4.69) is 34.3 Å². The highest BCUT2D eigenvalue weighted by Gasteiger charge is 2.14. The fourth-order valence-corrected chi connectivity index (χ4v) is 3.14. The van der Waals surface area contributed by atoms with Crippen molar-refractivity contribution in [1.82, 2.24) is 19.7 Å². The molecule has 7 heteroatoms. The SMILES string of the molecule is CC(C)c1nccn1-c1ccc(NC(=O)c2n[nH]c(=O)c3ccccc23)cc1. The number of H-pyrrole nitrogens is 1. The van der Waals surface area contributed by atoms with Gasteiger partial charge in [0.2, 0.25) is 0 Å². The summed E-state index contributed by atoms with van der Waals surface area (Å²) < 4.78 is 2.02. The molecule has 4 rings (SSSR count). The van der Waals surface area contributed by atoms with Crippen LogP contribution in [0.5, 0.6) is 0 Å². The molecule has 0 aliphatic rings. The standard InChI is InChI=1S/C21H19N5O2/c1-13(2)19-22-11-12-26(19)15-9-7-14(8-10-15)23-21(28)18-16-5-3-4-6-17(16)20(27)25-24-18/h3-13H,1-2H3,(H,23,28)(H,25,27). The van der Waals surface area contributed by atoms with Gasteiger partial charge in [0, 0.05) is 35.1 Å². The van der Waals surface area contributed by atoms with Gasteiger partial charge in [-0.05, 0) is 30.3 Å². The summed E-state index contributed by atoms with van der Waals surface area (Å²) in [6, 6.07) is 14.4. The number of rotatable bonds is 4. The molecule has 0 saturated carbocycles. The molecule has 0 atom stereocenters. The van der Waals surface area contributed by atoms with Gasteiger partial charge in [0.05, 0.1) is 5.39 Å². The summed E-state index contributed by atoms with van der Waals surface area (Å²) in [4.78, 5) is 29.0. The van der Waals surface area contributed by atoms with E-state index in [9.17, 15) is 9.59 Å².